The molecule has 4 rings (SSSR count). The lowest BCUT2D eigenvalue weighted by atomic mass is 9.86. The first-order valence-corrected chi connectivity index (χ1v) is 10.4. The van der Waals surface area contributed by atoms with Crippen LogP contribution in [0.25, 0.3) is 0 Å². The molecule has 1 saturated carbocycles. The van der Waals surface area contributed by atoms with Crippen LogP contribution < -0.4 is 16.0 Å². The van der Waals surface area contributed by atoms with E-state index in [4.69, 9.17) is 15.2 Å². The molecule has 2 fully saturated rings. The molecule has 1 amide bonds. The van der Waals surface area contributed by atoms with Crippen molar-refractivity contribution in [3.8, 4) is 0 Å². The van der Waals surface area contributed by atoms with Gasteiger partial charge in [-0.25, -0.2) is 0 Å². The average molecular weight is 416 g/mol. The van der Waals surface area contributed by atoms with Crippen molar-refractivity contribution in [1.82, 2.24) is 10.3 Å². The van der Waals surface area contributed by atoms with Crippen LogP contribution >= 0.6 is 0 Å². The van der Waals surface area contributed by atoms with Gasteiger partial charge in [-0.05, 0) is 31.6 Å². The summed E-state index contributed by atoms with van der Waals surface area (Å²) in [5, 5.41) is 2.85. The normalized spacial score (nSPS) is 27.9. The number of esters is 2. The van der Waals surface area contributed by atoms with Crippen molar-refractivity contribution in [3.05, 3.63) is 17.5 Å². The summed E-state index contributed by atoms with van der Waals surface area (Å²) in [6, 6.07) is -0.334. The number of carbonyl (C=O) groups is 3. The minimum absolute atomic E-state index is 0.106. The number of nitrogens with one attached hydrogen (secondary N) is 1. The zero-order valence-corrected chi connectivity index (χ0v) is 17.3. The molecule has 9 heteroatoms. The number of ether oxygens (including phenoxy) is 2. The van der Waals surface area contributed by atoms with E-state index in [-0.39, 0.29) is 36.1 Å². The molecule has 1 saturated heterocycles. The molecule has 1 unspecified atom stereocenters. The number of hydrogen-bond donors (Lipinski definition) is 2. The van der Waals surface area contributed by atoms with E-state index >= 15 is 0 Å². The second kappa shape index (κ2) is 8.12. The predicted molar refractivity (Wildman–Crippen MR) is 108 cm³/mol. The minimum Gasteiger partial charge on any atom is -0.460 e. The fourth-order valence-electron chi connectivity index (χ4n) is 4.99. The summed E-state index contributed by atoms with van der Waals surface area (Å²) >= 11 is 0. The number of amides is 1. The van der Waals surface area contributed by atoms with Crippen LogP contribution in [0, 0.1) is 11.8 Å². The molecule has 1 aromatic rings. The monoisotopic (exact) mass is 416 g/mol. The third kappa shape index (κ3) is 3.93. The molecule has 1 aliphatic heterocycles. The first-order valence-electron chi connectivity index (χ1n) is 10.4. The Balaban J connectivity index is 1.67. The third-order valence-electron chi connectivity index (χ3n) is 6.28. The van der Waals surface area contributed by atoms with Gasteiger partial charge in [-0.3, -0.25) is 19.4 Å². The summed E-state index contributed by atoms with van der Waals surface area (Å²) in [5.41, 5.74) is 9.54. The molecule has 3 aliphatic rings. The van der Waals surface area contributed by atoms with Crippen LogP contribution in [0.15, 0.2) is 6.20 Å². The number of piperidine rings is 1. The number of nitrogens with two attached hydrogens (primary N) is 1. The number of anilines is 2. The SMILES string of the molecule is CC(=O)OC1CCc2c1ncc(N)c2N1C[C@H](C2CC2)[C@@H](OC(C)=O)[C@H](NC=O)C1. The molecule has 9 nitrogen and oxygen atoms in total. The van der Waals surface area contributed by atoms with Crippen molar-refractivity contribution < 1.29 is 23.9 Å². The zero-order valence-electron chi connectivity index (χ0n) is 17.3. The topological polar surface area (TPSA) is 124 Å². The molecule has 1 aromatic heterocycles. The van der Waals surface area contributed by atoms with E-state index in [2.05, 4.69) is 15.2 Å². The second-order valence-corrected chi connectivity index (χ2v) is 8.43. The highest BCUT2D eigenvalue weighted by Gasteiger charge is 2.47. The second-order valence-electron chi connectivity index (χ2n) is 8.43. The van der Waals surface area contributed by atoms with E-state index < -0.39 is 0 Å². The largest absolute Gasteiger partial charge is 0.460 e. The summed E-state index contributed by atoms with van der Waals surface area (Å²) in [5.74, 6) is -0.114. The summed E-state index contributed by atoms with van der Waals surface area (Å²) in [6.45, 7) is 3.94. The van der Waals surface area contributed by atoms with E-state index in [0.29, 0.717) is 43.9 Å². The Hall–Kier alpha value is -2.84. The quantitative estimate of drug-likeness (QED) is 0.522. The van der Waals surface area contributed by atoms with E-state index in [1.54, 1.807) is 6.20 Å². The van der Waals surface area contributed by atoms with Crippen molar-refractivity contribution in [3.63, 3.8) is 0 Å². The number of aromatic nitrogens is 1. The van der Waals surface area contributed by atoms with Crippen LogP contribution in [-0.4, -0.2) is 48.6 Å². The van der Waals surface area contributed by atoms with Crippen molar-refractivity contribution in [1.29, 1.82) is 0 Å². The number of nitrogen functional groups attached to an aromatic ring is 1. The lowest BCUT2D eigenvalue weighted by Crippen LogP contribution is -2.60. The fraction of sp³-hybridized carbons (Fsp3) is 0.619. The maximum Gasteiger partial charge on any atom is 0.303 e. The molecular formula is C21H28N4O5. The van der Waals surface area contributed by atoms with E-state index in [0.717, 1.165) is 29.8 Å². The molecule has 0 spiro atoms. The van der Waals surface area contributed by atoms with Gasteiger partial charge in [0, 0.05) is 38.4 Å². The van der Waals surface area contributed by atoms with Gasteiger partial charge in [0.15, 0.2) is 0 Å². The standard InChI is InChI=1S/C21H28N4O5/c1-11(27)29-18-6-5-14-19(18)23-7-16(22)20(14)25-8-15(13-3-4-13)21(30-12(2)28)17(9-25)24-10-26/h7,10,13,15,17-18,21H,3-6,8-9,22H2,1-2H3,(H,24,26)/t15-,17-,18?,21-/m1/s1. The van der Waals surface area contributed by atoms with Gasteiger partial charge in [-0.2, -0.15) is 0 Å². The highest BCUT2D eigenvalue weighted by atomic mass is 16.5. The number of pyridine rings is 1. The molecule has 2 heterocycles. The molecule has 3 N–H and O–H groups in total. The summed E-state index contributed by atoms with van der Waals surface area (Å²) < 4.78 is 11.1. The third-order valence-corrected chi connectivity index (χ3v) is 6.28. The fourth-order valence-corrected chi connectivity index (χ4v) is 4.99. The van der Waals surface area contributed by atoms with E-state index in [1.165, 1.54) is 13.8 Å². The number of rotatable bonds is 6. The smallest absolute Gasteiger partial charge is 0.303 e. The summed E-state index contributed by atoms with van der Waals surface area (Å²) in [7, 11) is 0. The molecule has 162 valence electrons. The lowest BCUT2D eigenvalue weighted by Gasteiger charge is -2.44. The molecule has 4 atom stereocenters. The van der Waals surface area contributed by atoms with Gasteiger partial charge < -0.3 is 25.4 Å². The van der Waals surface area contributed by atoms with Gasteiger partial charge in [-0.1, -0.05) is 0 Å². The van der Waals surface area contributed by atoms with Crippen LogP contribution in [0.4, 0.5) is 11.4 Å². The Morgan fingerprint density at radius 3 is 2.57 bits per heavy atom. The predicted octanol–water partition coefficient (Wildman–Crippen LogP) is 1.11. The van der Waals surface area contributed by atoms with E-state index in [9.17, 15) is 14.4 Å². The van der Waals surface area contributed by atoms with Crippen LogP contribution in [-0.2, 0) is 30.3 Å². The molecule has 30 heavy (non-hydrogen) atoms. The van der Waals surface area contributed by atoms with Gasteiger partial charge in [0.05, 0.1) is 29.3 Å². The summed E-state index contributed by atoms with van der Waals surface area (Å²) in [4.78, 5) is 41.1. The number of carbonyl (C=O) groups excluding carboxylic acids is 3. The van der Waals surface area contributed by atoms with Crippen LogP contribution in [0.3, 0.4) is 0 Å². The first kappa shape index (κ1) is 20.4. The Labute approximate surface area is 175 Å². The average Bonchev–Trinajstić information content (AvgIpc) is 3.45. The number of nitrogens with zero attached hydrogens (tertiary/aromatic N) is 2. The van der Waals surface area contributed by atoms with Crippen LogP contribution in [0.5, 0.6) is 0 Å². The molecule has 2 aliphatic carbocycles. The number of fused-ring (bicyclic) bond motifs is 1. The highest BCUT2D eigenvalue weighted by Crippen LogP contribution is 2.46. The van der Waals surface area contributed by atoms with Gasteiger partial charge >= 0.3 is 11.9 Å². The molecule has 0 radical (unpaired) electrons. The van der Waals surface area contributed by atoms with Gasteiger partial charge in [0.2, 0.25) is 6.41 Å². The van der Waals surface area contributed by atoms with Gasteiger partial charge in [0.25, 0.3) is 0 Å². The summed E-state index contributed by atoms with van der Waals surface area (Å²) in [6.07, 6.45) is 5.11. The Kier molecular flexibility index (Phi) is 5.53. The van der Waals surface area contributed by atoms with Crippen LogP contribution in [0.1, 0.15) is 50.5 Å². The Morgan fingerprint density at radius 1 is 1.20 bits per heavy atom. The van der Waals surface area contributed by atoms with Crippen molar-refractivity contribution in [2.75, 3.05) is 23.7 Å². The minimum atomic E-state index is -0.362. The molecule has 0 aromatic carbocycles. The van der Waals surface area contributed by atoms with E-state index in [1.807, 2.05) is 0 Å². The molecular weight excluding hydrogens is 388 g/mol. The van der Waals surface area contributed by atoms with Crippen molar-refractivity contribution >= 4 is 29.7 Å². The number of hydrogen-bond acceptors (Lipinski definition) is 8. The Morgan fingerprint density at radius 2 is 1.93 bits per heavy atom. The first-order chi connectivity index (χ1) is 14.4. The maximum absolute atomic E-state index is 11.7. The van der Waals surface area contributed by atoms with Crippen LogP contribution in [0.2, 0.25) is 0 Å². The Bertz CT molecular complexity index is 856. The van der Waals surface area contributed by atoms with Gasteiger partial charge in [-0.15, -0.1) is 0 Å². The van der Waals surface area contributed by atoms with Gasteiger partial charge in [0.1, 0.15) is 12.2 Å². The maximum atomic E-state index is 11.7. The van der Waals surface area contributed by atoms with Crippen molar-refractivity contribution in [2.24, 2.45) is 11.8 Å². The lowest BCUT2D eigenvalue weighted by molar-refractivity contribution is -0.153. The highest BCUT2D eigenvalue weighted by molar-refractivity contribution is 5.74. The molecule has 0 bridgehead atoms. The van der Waals surface area contributed by atoms with Crippen molar-refractivity contribution in [2.45, 2.75) is 57.8 Å². The zero-order chi connectivity index (χ0) is 21.4.